The lowest BCUT2D eigenvalue weighted by atomic mass is 9.88. The first kappa shape index (κ1) is 16.0. The van der Waals surface area contributed by atoms with Crippen molar-refractivity contribution < 1.29 is 36.1 Å². The number of esters is 1. The maximum Gasteiger partial charge on any atom is 0.405 e. The highest BCUT2D eigenvalue weighted by Gasteiger charge is 2.52. The number of alkyl halides is 2. The average Bonchev–Trinajstić information content (AvgIpc) is 2.28. The monoisotopic (exact) mass is 300 g/mol. The summed E-state index contributed by atoms with van der Waals surface area (Å²) in [5, 5.41) is -4.56. The van der Waals surface area contributed by atoms with E-state index in [0.717, 1.165) is 0 Å². The molecule has 1 saturated carbocycles. The van der Waals surface area contributed by atoms with Gasteiger partial charge in [0.05, 0.1) is 5.92 Å². The number of carbonyl (C=O) groups is 2. The standard InChI is InChI=1S/C10H14F2O6S/c1-6(10(11,12)19(15,16)17)18-9(14)7-2-4-8(13)5-3-7/h6-7H,2-5H2,1H3,(H,15,16,17). The Morgan fingerprint density at radius 2 is 1.89 bits per heavy atom. The van der Waals surface area contributed by atoms with Gasteiger partial charge in [-0.05, 0) is 19.8 Å². The fraction of sp³-hybridized carbons (Fsp3) is 0.800. The largest absolute Gasteiger partial charge is 0.455 e. The second-order valence-electron chi connectivity index (χ2n) is 4.43. The number of rotatable bonds is 4. The highest BCUT2D eigenvalue weighted by Crippen LogP contribution is 2.29. The minimum absolute atomic E-state index is 0.0136. The summed E-state index contributed by atoms with van der Waals surface area (Å²) in [4.78, 5) is 22.5. The minimum atomic E-state index is -5.65. The highest BCUT2D eigenvalue weighted by atomic mass is 32.2. The topological polar surface area (TPSA) is 97.7 Å². The second kappa shape index (κ2) is 5.49. The minimum Gasteiger partial charge on any atom is -0.455 e. The summed E-state index contributed by atoms with van der Waals surface area (Å²) in [5.41, 5.74) is 0. The van der Waals surface area contributed by atoms with E-state index in [0.29, 0.717) is 6.92 Å². The van der Waals surface area contributed by atoms with E-state index in [1.165, 1.54) is 0 Å². The molecule has 0 aromatic rings. The molecule has 0 aliphatic heterocycles. The molecule has 1 fully saturated rings. The number of ether oxygens (including phenoxy) is 1. The molecule has 1 N–H and O–H groups in total. The quantitative estimate of drug-likeness (QED) is 0.618. The number of ketones is 1. The Kier molecular flexibility index (Phi) is 4.62. The molecule has 0 spiro atoms. The highest BCUT2D eigenvalue weighted by molar-refractivity contribution is 7.86. The fourth-order valence-corrected chi connectivity index (χ4v) is 2.19. The summed E-state index contributed by atoms with van der Waals surface area (Å²) >= 11 is 0. The number of halogens is 2. The van der Waals surface area contributed by atoms with Crippen molar-refractivity contribution in [3.05, 3.63) is 0 Å². The number of hydrogen-bond acceptors (Lipinski definition) is 5. The molecule has 1 aliphatic carbocycles. The zero-order chi connectivity index (χ0) is 14.8. The molecule has 1 atom stereocenters. The normalized spacial score (nSPS) is 20.1. The summed E-state index contributed by atoms with van der Waals surface area (Å²) in [6.07, 6.45) is -1.57. The van der Waals surface area contributed by atoms with Crippen molar-refractivity contribution >= 4 is 21.9 Å². The van der Waals surface area contributed by atoms with Crippen LogP contribution in [-0.4, -0.2) is 36.1 Å². The van der Waals surface area contributed by atoms with Crippen LogP contribution in [0.5, 0.6) is 0 Å². The van der Waals surface area contributed by atoms with Crippen molar-refractivity contribution in [3.63, 3.8) is 0 Å². The third-order valence-electron chi connectivity index (χ3n) is 2.99. The predicted molar refractivity (Wildman–Crippen MR) is 59.0 cm³/mol. The molecule has 0 aromatic carbocycles. The van der Waals surface area contributed by atoms with E-state index in [1.54, 1.807) is 0 Å². The van der Waals surface area contributed by atoms with Gasteiger partial charge >= 0.3 is 21.3 Å². The van der Waals surface area contributed by atoms with E-state index in [1.807, 2.05) is 0 Å². The SMILES string of the molecule is CC(OC(=O)C1CCC(=O)CC1)C(F)(F)S(=O)(=O)O. The molecule has 9 heteroatoms. The van der Waals surface area contributed by atoms with E-state index < -0.39 is 33.4 Å². The van der Waals surface area contributed by atoms with Crippen molar-refractivity contribution in [2.75, 3.05) is 0 Å². The molecular weight excluding hydrogens is 286 g/mol. The van der Waals surface area contributed by atoms with E-state index >= 15 is 0 Å². The summed E-state index contributed by atoms with van der Waals surface area (Å²) in [6, 6.07) is 0. The summed E-state index contributed by atoms with van der Waals surface area (Å²) in [5.74, 6) is -1.69. The van der Waals surface area contributed by atoms with Crippen LogP contribution in [0.2, 0.25) is 0 Å². The number of hydrogen-bond donors (Lipinski definition) is 1. The van der Waals surface area contributed by atoms with Crippen molar-refractivity contribution in [2.24, 2.45) is 5.92 Å². The molecule has 1 rings (SSSR count). The zero-order valence-electron chi connectivity index (χ0n) is 10.1. The summed E-state index contributed by atoms with van der Waals surface area (Å²) in [7, 11) is -5.65. The average molecular weight is 300 g/mol. The Bertz CT molecular complexity index is 462. The van der Waals surface area contributed by atoms with Gasteiger partial charge in [-0.15, -0.1) is 0 Å². The Morgan fingerprint density at radius 3 is 2.32 bits per heavy atom. The molecule has 1 aliphatic rings. The molecule has 19 heavy (non-hydrogen) atoms. The van der Waals surface area contributed by atoms with Crippen molar-refractivity contribution in [3.8, 4) is 0 Å². The van der Waals surface area contributed by atoms with Gasteiger partial charge < -0.3 is 4.74 Å². The van der Waals surface area contributed by atoms with Crippen molar-refractivity contribution in [1.82, 2.24) is 0 Å². The zero-order valence-corrected chi connectivity index (χ0v) is 11.0. The molecule has 110 valence electrons. The Hall–Kier alpha value is -1.09. The van der Waals surface area contributed by atoms with Crippen LogP contribution >= 0.6 is 0 Å². The van der Waals surface area contributed by atoms with Gasteiger partial charge in [0.1, 0.15) is 5.78 Å². The van der Waals surface area contributed by atoms with Gasteiger partial charge in [0.25, 0.3) is 0 Å². The van der Waals surface area contributed by atoms with Gasteiger partial charge in [0.2, 0.25) is 0 Å². The van der Waals surface area contributed by atoms with Crippen LogP contribution in [-0.2, 0) is 24.4 Å². The molecule has 0 aromatic heterocycles. The molecule has 0 bridgehead atoms. The molecule has 0 radical (unpaired) electrons. The van der Waals surface area contributed by atoms with Crippen molar-refractivity contribution in [1.29, 1.82) is 0 Å². The molecule has 1 unspecified atom stereocenters. The lowest BCUT2D eigenvalue weighted by Crippen LogP contribution is -2.43. The Balaban J connectivity index is 2.64. The van der Waals surface area contributed by atoms with Gasteiger partial charge in [-0.25, -0.2) is 0 Å². The first-order chi connectivity index (χ1) is 8.55. The predicted octanol–water partition coefficient (Wildman–Crippen LogP) is 1.16. The lowest BCUT2D eigenvalue weighted by molar-refractivity contribution is -0.165. The Morgan fingerprint density at radius 1 is 1.42 bits per heavy atom. The Labute approximate surface area is 108 Å². The second-order valence-corrected chi connectivity index (χ2v) is 5.92. The van der Waals surface area contributed by atoms with Crippen LogP contribution in [0.15, 0.2) is 0 Å². The van der Waals surface area contributed by atoms with E-state index in [2.05, 4.69) is 4.74 Å². The molecule has 6 nitrogen and oxygen atoms in total. The molecule has 0 heterocycles. The maximum atomic E-state index is 13.1. The molecule has 0 amide bonds. The van der Waals surface area contributed by atoms with E-state index in [9.17, 15) is 26.8 Å². The van der Waals surface area contributed by atoms with Crippen LogP contribution in [0, 0.1) is 5.92 Å². The number of Topliss-reactive ketones (excluding diaryl/α,β-unsaturated/α-hetero) is 1. The number of carbonyl (C=O) groups excluding carboxylic acids is 2. The fourth-order valence-electron chi connectivity index (χ4n) is 1.72. The maximum absolute atomic E-state index is 13.1. The molecular formula is C10H14F2O6S. The smallest absolute Gasteiger partial charge is 0.405 e. The van der Waals surface area contributed by atoms with Crippen LogP contribution in [0.3, 0.4) is 0 Å². The summed E-state index contributed by atoms with van der Waals surface area (Å²) < 4.78 is 60.0. The van der Waals surface area contributed by atoms with Gasteiger partial charge in [0.15, 0.2) is 6.10 Å². The third-order valence-corrected chi connectivity index (χ3v) is 4.01. The van der Waals surface area contributed by atoms with Crippen LogP contribution < -0.4 is 0 Å². The van der Waals surface area contributed by atoms with Crippen molar-refractivity contribution in [2.45, 2.75) is 44.0 Å². The van der Waals surface area contributed by atoms with Crippen LogP contribution in [0.4, 0.5) is 8.78 Å². The van der Waals surface area contributed by atoms with Gasteiger partial charge in [-0.1, -0.05) is 0 Å². The van der Waals surface area contributed by atoms with Crippen LogP contribution in [0.25, 0.3) is 0 Å². The third kappa shape index (κ3) is 3.69. The van der Waals surface area contributed by atoms with Crippen LogP contribution in [0.1, 0.15) is 32.6 Å². The van der Waals surface area contributed by atoms with Gasteiger partial charge in [-0.2, -0.15) is 17.2 Å². The summed E-state index contributed by atoms with van der Waals surface area (Å²) in [6.45, 7) is 0.680. The van der Waals surface area contributed by atoms with E-state index in [4.69, 9.17) is 4.55 Å². The lowest BCUT2D eigenvalue weighted by Gasteiger charge is -2.24. The van der Waals surface area contributed by atoms with Gasteiger partial charge in [-0.3, -0.25) is 14.1 Å². The molecule has 0 saturated heterocycles. The first-order valence-electron chi connectivity index (χ1n) is 5.62. The first-order valence-corrected chi connectivity index (χ1v) is 7.06. The van der Waals surface area contributed by atoms with E-state index in [-0.39, 0.29) is 31.5 Å². The van der Waals surface area contributed by atoms with Gasteiger partial charge in [0, 0.05) is 12.8 Å².